The van der Waals surface area contributed by atoms with Gasteiger partial charge in [-0.1, -0.05) is 186 Å². The van der Waals surface area contributed by atoms with E-state index in [4.69, 9.17) is 23.7 Å². The maximum Gasteiger partial charge on any atom is 1.00 e. The summed E-state index contributed by atoms with van der Waals surface area (Å²) < 4.78 is 30.3. The number of ketones is 2. The number of nitrogens with zero attached hydrogens (tertiary/aromatic N) is 1. The van der Waals surface area contributed by atoms with Gasteiger partial charge in [0, 0.05) is 49.6 Å². The van der Waals surface area contributed by atoms with Crippen LogP contribution in [0.2, 0.25) is 0 Å². The van der Waals surface area contributed by atoms with Crippen LogP contribution in [0.3, 0.4) is 0 Å². The first-order chi connectivity index (χ1) is 67.5. The summed E-state index contributed by atoms with van der Waals surface area (Å²) in [4.78, 5) is 48.1. The van der Waals surface area contributed by atoms with Crippen molar-refractivity contribution >= 4 is 31.6 Å². The van der Waals surface area contributed by atoms with Gasteiger partial charge in [-0.05, 0) is 430 Å². The molecule has 0 amide bonds. The van der Waals surface area contributed by atoms with Gasteiger partial charge in [-0.3, -0.25) is 19.7 Å². The van der Waals surface area contributed by atoms with Crippen LogP contribution in [0.15, 0.2) is 237 Å². The first kappa shape index (κ1) is 100. The van der Waals surface area contributed by atoms with E-state index in [9.17, 15) is 39.8 Å². The molecule has 141 heavy (non-hydrogen) atoms. The van der Waals surface area contributed by atoms with E-state index < -0.39 is 4.92 Å². The van der Waals surface area contributed by atoms with Crippen molar-refractivity contribution in [3.8, 4) is 28.7 Å². The largest absolute Gasteiger partial charge is 1.00 e. The van der Waals surface area contributed by atoms with E-state index in [0.29, 0.717) is 126 Å². The molecule has 23 atom stereocenters. The number of esters is 1. The summed E-state index contributed by atoms with van der Waals surface area (Å²) in [6.07, 6.45) is 32.9. The molecule has 15 unspecified atom stereocenters. The summed E-state index contributed by atoms with van der Waals surface area (Å²) >= 11 is 0. The Hall–Kier alpha value is -9.61. The Balaban J connectivity index is 0.000000118. The van der Waals surface area contributed by atoms with Crippen molar-refractivity contribution in [3.05, 3.63) is 330 Å². The molecule has 14 nitrogen and oxygen atoms in total. The second-order valence-electron chi connectivity index (χ2n) is 45.9. The zero-order valence-corrected chi connectivity index (χ0v) is 85.9. The molecule has 731 valence electrons. The minimum Gasteiger partial charge on any atom is -1.00 e. The molecule has 0 heterocycles. The topological polar surface area (TPSA) is 201 Å². The van der Waals surface area contributed by atoms with Crippen LogP contribution in [0.4, 0.5) is 5.69 Å². The van der Waals surface area contributed by atoms with E-state index in [-0.39, 0.29) is 96.4 Å². The Labute approximate surface area is 861 Å². The van der Waals surface area contributed by atoms with Gasteiger partial charge in [-0.2, -0.15) is 0 Å². The normalized spacial score (nSPS) is 32.2. The van der Waals surface area contributed by atoms with Gasteiger partial charge in [0.1, 0.15) is 72.8 Å². The van der Waals surface area contributed by atoms with Gasteiger partial charge in [-0.15, -0.1) is 0 Å². The molecule has 0 saturated heterocycles. The molecular formula is C125H144BNNaO13. The van der Waals surface area contributed by atoms with Gasteiger partial charge in [0.25, 0.3) is 5.69 Å². The Morgan fingerprint density at radius 1 is 0.348 bits per heavy atom. The number of aliphatic hydroxyl groups excluding tert-OH is 2. The zero-order chi connectivity index (χ0) is 95.5. The Bertz CT molecular complexity index is 5970. The van der Waals surface area contributed by atoms with Gasteiger partial charge in [0.2, 0.25) is 0 Å². The van der Waals surface area contributed by atoms with Crippen molar-refractivity contribution in [3.63, 3.8) is 0 Å². The van der Waals surface area contributed by atoms with Crippen LogP contribution < -0.4 is 48.5 Å². The number of hydrogen-bond donors (Lipinski definition) is 3. The average Bonchev–Trinajstić information content (AvgIpc) is 1.50. The molecule has 15 aliphatic rings. The minimum absolute atomic E-state index is 0. The summed E-state index contributed by atoms with van der Waals surface area (Å²) in [6, 6.07) is 79.9. The predicted molar refractivity (Wildman–Crippen MR) is 551 cm³/mol. The second kappa shape index (κ2) is 42.2. The molecule has 3 radical (unpaired) electrons. The molecule has 15 aliphatic carbocycles. The monoisotopic (exact) mass is 1900 g/mol. The van der Waals surface area contributed by atoms with E-state index in [1.165, 1.54) is 162 Å². The number of carbonyl (C=O) groups is 3. The molecule has 25 rings (SSSR count). The predicted octanol–water partition coefficient (Wildman–Crippen LogP) is 24.5. The number of phenolic OH excluding ortho intramolecular Hbond substituents is 1. The molecule has 0 spiro atoms. The summed E-state index contributed by atoms with van der Waals surface area (Å²) in [7, 11) is 0. The van der Waals surface area contributed by atoms with Crippen molar-refractivity contribution in [1.29, 1.82) is 0 Å². The number of Topliss-reactive ketones (excluding diaryl/α,β-unsaturated/α-hetero) is 2. The maximum absolute atomic E-state index is 12.9. The molecule has 0 aromatic heterocycles. The number of aliphatic hydroxyl groups is 2. The van der Waals surface area contributed by atoms with Gasteiger partial charge >= 0.3 is 35.5 Å². The number of ether oxygens (including phenoxy) is 5. The fourth-order valence-electron chi connectivity index (χ4n) is 31.7. The third-order valence-electron chi connectivity index (χ3n) is 39.3. The van der Waals surface area contributed by atoms with Crippen molar-refractivity contribution in [2.45, 2.75) is 302 Å². The summed E-state index contributed by atoms with van der Waals surface area (Å²) in [6.45, 7) is 13.9. The standard InChI is InChI=1S/C32H33NO5.2C25H30O2.C25H28O2.C18H22O2.B.Na.H/c1-32-18-17-27-26-14-12-25(37-20-21-5-3-2-4-6-21)19-23(26)9-13-28(27)29(32)15-16-30(32)38-31(34)22-7-10-24(11-8-22)33(35)36;3*1-25-14-13-21-20-10-8-19(27-16-17-5-3-2-4-6-17)15-18(20)7-9-22(21)23(25)11-12-24(25)26;1-18-9-8-14-13-5-3-12(19)10-11(13)2-4-15(14)16(18)6-7-17(18)20;;;/h2-8,10-12,14,19,27-30H,9,13,15-18,20H2,1H3;2*2-6,8,10,15,21-24,26H,7,9,11-14,16H2,1H3;2-6,8,10,15,21-23H,7,9,11-14,16H2,1H3;3,5,10,14-16,19H,2,4,6-9H2,1H3;;;/q;;;;;;+1;-1/t27?,28?,29?,30-,32+;21?,22?,23?,24-,25+;21?,22?,23?,24-,25-;21?,22?,23?,25-;14?,15?,16?,18-;;;/m11000.../s1. The van der Waals surface area contributed by atoms with Crippen LogP contribution in [-0.2, 0) is 72.9 Å². The number of carbonyl (C=O) groups excluding carboxylic acids is 3. The summed E-state index contributed by atoms with van der Waals surface area (Å²) in [5.41, 5.74) is 20.1. The molecule has 0 aliphatic heterocycles. The maximum atomic E-state index is 12.9. The summed E-state index contributed by atoms with van der Waals surface area (Å²) in [5, 5.41) is 41.7. The number of benzene rings is 10. The van der Waals surface area contributed by atoms with Crippen LogP contribution in [0.5, 0.6) is 28.7 Å². The van der Waals surface area contributed by atoms with Gasteiger partial charge in [0.15, 0.2) is 0 Å². The number of phenols is 1. The molecule has 10 aromatic rings. The van der Waals surface area contributed by atoms with Crippen molar-refractivity contribution in [2.75, 3.05) is 0 Å². The number of hydrogen-bond acceptors (Lipinski definition) is 13. The molecule has 10 saturated carbocycles. The van der Waals surface area contributed by atoms with E-state index in [0.717, 1.165) is 157 Å². The third-order valence-corrected chi connectivity index (χ3v) is 39.3. The van der Waals surface area contributed by atoms with Crippen molar-refractivity contribution in [2.24, 2.45) is 86.3 Å². The molecule has 16 heteroatoms. The average molecular weight is 1900 g/mol. The van der Waals surface area contributed by atoms with Gasteiger partial charge < -0.3 is 40.4 Å². The number of fused-ring (bicyclic) bond motifs is 25. The molecule has 10 aromatic carbocycles. The van der Waals surface area contributed by atoms with Gasteiger partial charge in [-0.25, -0.2) is 4.79 Å². The molecular weight excluding hydrogens is 1760 g/mol. The van der Waals surface area contributed by atoms with E-state index in [1.54, 1.807) is 11.1 Å². The quantitative estimate of drug-likeness (QED) is 0.0379. The van der Waals surface area contributed by atoms with Crippen LogP contribution in [0.1, 0.15) is 314 Å². The number of nitro groups is 1. The van der Waals surface area contributed by atoms with Crippen LogP contribution in [0.25, 0.3) is 0 Å². The Morgan fingerprint density at radius 2 is 0.645 bits per heavy atom. The van der Waals surface area contributed by atoms with Crippen LogP contribution >= 0.6 is 0 Å². The fourth-order valence-corrected chi connectivity index (χ4v) is 31.7. The first-order valence-corrected chi connectivity index (χ1v) is 53.3. The number of aryl methyl sites for hydroxylation is 5. The number of non-ortho nitro benzene ring substituents is 1. The van der Waals surface area contributed by atoms with E-state index in [2.05, 4.69) is 198 Å². The molecule has 10 fully saturated rings. The minimum atomic E-state index is -0.461. The molecule has 0 bridgehead atoms. The Kier molecular flexibility index (Phi) is 30.0. The van der Waals surface area contributed by atoms with E-state index in [1.807, 2.05) is 48.5 Å². The first-order valence-electron chi connectivity index (χ1n) is 53.3. The number of rotatable bonds is 15. The zero-order valence-electron chi connectivity index (χ0n) is 84.9. The second-order valence-corrected chi connectivity index (χ2v) is 45.9. The fraction of sp³-hybridized carbons (Fsp3) is 0.496. The van der Waals surface area contributed by atoms with Crippen molar-refractivity contribution in [1.82, 2.24) is 0 Å². The number of aromatic hydroxyl groups is 1. The van der Waals surface area contributed by atoms with E-state index >= 15 is 0 Å². The third kappa shape index (κ3) is 19.8. The SMILES string of the molecule is C[C@]12CCC3c4ccc(O)cc4CCC3C1CCC2=O.C[C@]12CCC3c4ccc(OCc5ccccc5)cc4CCC3C1CCC2=O.C[C@]12CCC3c4ccc(OCc5ccccc5)cc4CCC3C1CC[C@@H]2O.C[C@]12CCC3c4ccc(OCc5ccccc5)cc4CCC3C1CC[C@H]2O.C[C@]12CCC3c4ccc(OCc5ccccc5)cc4CCC3C1CC[C@H]2OC(=O)c1ccc([N+](=O)[O-])cc1.[B].[H-].[Na+]. The summed E-state index contributed by atoms with van der Waals surface area (Å²) in [5.74, 6) is 14.7. The molecule has 3 N–H and O–H groups in total. The number of nitro benzene ring substituents is 1. The smallest absolute Gasteiger partial charge is 1.00 e. The van der Waals surface area contributed by atoms with Crippen molar-refractivity contribution < 1.29 is 89.3 Å². The Morgan fingerprint density at radius 3 is 0.986 bits per heavy atom. The van der Waals surface area contributed by atoms with Crippen LogP contribution in [-0.4, -0.2) is 64.5 Å². The van der Waals surface area contributed by atoms with Crippen LogP contribution in [0, 0.1) is 96.4 Å². The van der Waals surface area contributed by atoms with Gasteiger partial charge in [0.05, 0.1) is 22.7 Å².